The van der Waals surface area contributed by atoms with Crippen LogP contribution in [0.2, 0.25) is 0 Å². The predicted molar refractivity (Wildman–Crippen MR) is 61.2 cm³/mol. The van der Waals surface area contributed by atoms with Crippen molar-refractivity contribution in [1.82, 2.24) is 10.2 Å². The molecule has 0 aliphatic carbocycles. The molecule has 4 heteroatoms. The average molecular weight is 222 g/mol. The van der Waals surface area contributed by atoms with Crippen molar-refractivity contribution in [1.29, 1.82) is 0 Å². The maximum atomic E-state index is 5.55. The summed E-state index contributed by atoms with van der Waals surface area (Å²) in [5, 5.41) is 9.24. The normalized spacial score (nSPS) is 13.0. The smallest absolute Gasteiger partial charge is 0.120 e. The van der Waals surface area contributed by atoms with Gasteiger partial charge >= 0.3 is 0 Å². The van der Waals surface area contributed by atoms with Gasteiger partial charge in [-0.05, 0) is 25.3 Å². The fourth-order valence-corrected chi connectivity index (χ4v) is 2.57. The first-order valence-corrected chi connectivity index (χ1v) is 5.69. The SMILES string of the molecule is COC(c1cccs1)c1c(C)n[nH]c1C. The number of aromatic nitrogens is 2. The highest BCUT2D eigenvalue weighted by molar-refractivity contribution is 7.10. The van der Waals surface area contributed by atoms with Crippen LogP contribution in [0.15, 0.2) is 17.5 Å². The summed E-state index contributed by atoms with van der Waals surface area (Å²) in [6, 6.07) is 4.13. The molecule has 0 fully saturated rings. The van der Waals surface area contributed by atoms with Crippen LogP contribution in [0, 0.1) is 13.8 Å². The number of H-pyrrole nitrogens is 1. The van der Waals surface area contributed by atoms with Gasteiger partial charge in [0.25, 0.3) is 0 Å². The van der Waals surface area contributed by atoms with Gasteiger partial charge < -0.3 is 4.74 Å². The molecule has 80 valence electrons. The lowest BCUT2D eigenvalue weighted by molar-refractivity contribution is 0.138. The highest BCUT2D eigenvalue weighted by atomic mass is 32.1. The molecular formula is C11H14N2OS. The Balaban J connectivity index is 2.44. The van der Waals surface area contributed by atoms with Crippen LogP contribution in [0.25, 0.3) is 0 Å². The molecule has 0 spiro atoms. The van der Waals surface area contributed by atoms with E-state index in [1.165, 1.54) is 4.88 Å². The summed E-state index contributed by atoms with van der Waals surface area (Å²) in [4.78, 5) is 1.21. The minimum Gasteiger partial charge on any atom is -0.371 e. The van der Waals surface area contributed by atoms with E-state index < -0.39 is 0 Å². The van der Waals surface area contributed by atoms with Crippen LogP contribution < -0.4 is 0 Å². The van der Waals surface area contributed by atoms with Gasteiger partial charge in [-0.3, -0.25) is 5.10 Å². The zero-order valence-corrected chi connectivity index (χ0v) is 9.89. The predicted octanol–water partition coefficient (Wildman–Crippen LogP) is 2.82. The Morgan fingerprint density at radius 2 is 2.27 bits per heavy atom. The Morgan fingerprint density at radius 3 is 2.73 bits per heavy atom. The van der Waals surface area contributed by atoms with Crippen LogP contribution in [0.4, 0.5) is 0 Å². The quantitative estimate of drug-likeness (QED) is 0.867. The number of hydrogen-bond donors (Lipinski definition) is 1. The Morgan fingerprint density at radius 1 is 1.47 bits per heavy atom. The monoisotopic (exact) mass is 222 g/mol. The van der Waals surface area contributed by atoms with Gasteiger partial charge in [0.05, 0.1) is 5.69 Å². The van der Waals surface area contributed by atoms with Gasteiger partial charge in [-0.15, -0.1) is 11.3 Å². The van der Waals surface area contributed by atoms with Crippen molar-refractivity contribution in [3.05, 3.63) is 39.3 Å². The summed E-state index contributed by atoms with van der Waals surface area (Å²) >= 11 is 1.70. The number of thiophene rings is 1. The van der Waals surface area contributed by atoms with E-state index in [0.29, 0.717) is 0 Å². The summed E-state index contributed by atoms with van der Waals surface area (Å²) in [5.74, 6) is 0. The molecule has 3 nitrogen and oxygen atoms in total. The molecule has 15 heavy (non-hydrogen) atoms. The van der Waals surface area contributed by atoms with Gasteiger partial charge in [-0.25, -0.2) is 0 Å². The molecule has 0 aromatic carbocycles. The molecule has 2 heterocycles. The first kappa shape index (κ1) is 10.4. The van der Waals surface area contributed by atoms with Crippen molar-refractivity contribution >= 4 is 11.3 Å². The van der Waals surface area contributed by atoms with E-state index in [4.69, 9.17) is 4.74 Å². The molecule has 2 aromatic heterocycles. The van der Waals surface area contributed by atoms with Gasteiger partial charge in [0, 0.05) is 23.2 Å². The van der Waals surface area contributed by atoms with E-state index in [2.05, 4.69) is 21.6 Å². The van der Waals surface area contributed by atoms with Gasteiger partial charge in [-0.2, -0.15) is 5.10 Å². The molecule has 0 aliphatic rings. The van der Waals surface area contributed by atoms with Crippen LogP contribution in [0.1, 0.15) is 27.9 Å². The molecule has 2 rings (SSSR count). The lowest BCUT2D eigenvalue weighted by Gasteiger charge is -2.13. The average Bonchev–Trinajstić information content (AvgIpc) is 2.83. The molecule has 0 aliphatic heterocycles. The fraction of sp³-hybridized carbons (Fsp3) is 0.364. The molecular weight excluding hydrogens is 208 g/mol. The topological polar surface area (TPSA) is 37.9 Å². The third-order valence-corrected chi connectivity index (χ3v) is 3.40. The number of methoxy groups -OCH3 is 1. The van der Waals surface area contributed by atoms with Crippen molar-refractivity contribution in [3.63, 3.8) is 0 Å². The third-order valence-electron chi connectivity index (χ3n) is 2.48. The number of ether oxygens (including phenoxy) is 1. The molecule has 1 N–H and O–H groups in total. The number of aryl methyl sites for hydroxylation is 2. The molecule has 0 saturated carbocycles. The van der Waals surface area contributed by atoms with Crippen LogP contribution >= 0.6 is 11.3 Å². The van der Waals surface area contributed by atoms with E-state index >= 15 is 0 Å². The molecule has 0 bridgehead atoms. The first-order chi connectivity index (χ1) is 7.24. The Kier molecular flexibility index (Phi) is 2.88. The molecule has 0 radical (unpaired) electrons. The van der Waals surface area contributed by atoms with Crippen molar-refractivity contribution in [2.45, 2.75) is 20.0 Å². The van der Waals surface area contributed by atoms with Crippen molar-refractivity contribution in [2.75, 3.05) is 7.11 Å². The van der Waals surface area contributed by atoms with E-state index in [1.807, 2.05) is 19.9 Å². The third kappa shape index (κ3) is 1.82. The summed E-state index contributed by atoms with van der Waals surface area (Å²) in [7, 11) is 1.73. The summed E-state index contributed by atoms with van der Waals surface area (Å²) in [6.45, 7) is 4.02. The standard InChI is InChI=1S/C11H14N2OS/c1-7-10(8(2)13-12-7)11(14-3)9-5-4-6-15-9/h4-6,11H,1-3H3,(H,12,13). The number of nitrogens with one attached hydrogen (secondary N) is 1. The molecule has 1 atom stereocenters. The van der Waals surface area contributed by atoms with Crippen molar-refractivity contribution in [2.24, 2.45) is 0 Å². The lowest BCUT2D eigenvalue weighted by atomic mass is 10.1. The maximum Gasteiger partial charge on any atom is 0.120 e. The summed E-state index contributed by atoms with van der Waals surface area (Å²) in [5.41, 5.74) is 3.24. The van der Waals surface area contributed by atoms with E-state index in [0.717, 1.165) is 17.0 Å². The van der Waals surface area contributed by atoms with Gasteiger partial charge in [0.2, 0.25) is 0 Å². The van der Waals surface area contributed by atoms with Gasteiger partial charge in [0.1, 0.15) is 6.10 Å². The largest absolute Gasteiger partial charge is 0.371 e. The van der Waals surface area contributed by atoms with E-state index in [1.54, 1.807) is 18.4 Å². The highest BCUT2D eigenvalue weighted by Crippen LogP contribution is 2.31. The highest BCUT2D eigenvalue weighted by Gasteiger charge is 2.20. The number of aromatic amines is 1. The molecule has 1 unspecified atom stereocenters. The Labute approximate surface area is 93.1 Å². The minimum atomic E-state index is 0.00347. The number of hydrogen-bond acceptors (Lipinski definition) is 3. The second-order valence-corrected chi connectivity index (χ2v) is 4.46. The number of rotatable bonds is 3. The molecule has 2 aromatic rings. The van der Waals surface area contributed by atoms with Crippen LogP contribution in [0.3, 0.4) is 0 Å². The summed E-state index contributed by atoms with van der Waals surface area (Å²) < 4.78 is 5.55. The second kappa shape index (κ2) is 4.16. The molecule has 0 amide bonds. The fourth-order valence-electron chi connectivity index (χ4n) is 1.76. The minimum absolute atomic E-state index is 0.00347. The lowest BCUT2D eigenvalue weighted by Crippen LogP contribution is -2.03. The second-order valence-electron chi connectivity index (χ2n) is 3.48. The maximum absolute atomic E-state index is 5.55. The van der Waals surface area contributed by atoms with Gasteiger partial charge in [-0.1, -0.05) is 6.07 Å². The Hall–Kier alpha value is -1.13. The van der Waals surface area contributed by atoms with E-state index in [9.17, 15) is 0 Å². The van der Waals surface area contributed by atoms with Crippen LogP contribution in [-0.4, -0.2) is 17.3 Å². The summed E-state index contributed by atoms with van der Waals surface area (Å²) in [6.07, 6.45) is 0.00347. The first-order valence-electron chi connectivity index (χ1n) is 4.81. The number of nitrogens with zero attached hydrogens (tertiary/aromatic N) is 1. The zero-order chi connectivity index (χ0) is 10.8. The zero-order valence-electron chi connectivity index (χ0n) is 9.07. The van der Waals surface area contributed by atoms with E-state index in [-0.39, 0.29) is 6.10 Å². The van der Waals surface area contributed by atoms with Crippen molar-refractivity contribution in [3.8, 4) is 0 Å². The van der Waals surface area contributed by atoms with Crippen molar-refractivity contribution < 1.29 is 4.74 Å². The van der Waals surface area contributed by atoms with Crippen LogP contribution in [0.5, 0.6) is 0 Å². The Bertz CT molecular complexity index is 414. The van der Waals surface area contributed by atoms with Crippen LogP contribution in [-0.2, 0) is 4.74 Å². The molecule has 0 saturated heterocycles. The van der Waals surface area contributed by atoms with Gasteiger partial charge in [0.15, 0.2) is 0 Å².